The molecule has 1 aliphatic rings. The first-order valence-electron chi connectivity index (χ1n) is 8.99. The molecule has 0 aliphatic carbocycles. The molecule has 156 valence electrons. The molecule has 30 heavy (non-hydrogen) atoms. The fourth-order valence-corrected chi connectivity index (χ4v) is 3.95. The van der Waals surface area contributed by atoms with Gasteiger partial charge in [0.1, 0.15) is 5.15 Å². The molecular weight excluding hydrogens is 440 g/mol. The first kappa shape index (κ1) is 20.7. The van der Waals surface area contributed by atoms with Crippen LogP contribution in [-0.2, 0) is 19.5 Å². The summed E-state index contributed by atoms with van der Waals surface area (Å²) in [6.45, 7) is 0.109. The van der Waals surface area contributed by atoms with Crippen molar-refractivity contribution in [1.82, 2.24) is 9.78 Å². The van der Waals surface area contributed by atoms with E-state index in [9.17, 15) is 18.0 Å². The van der Waals surface area contributed by atoms with Gasteiger partial charge in [-0.1, -0.05) is 35.3 Å². The van der Waals surface area contributed by atoms with Crippen molar-refractivity contribution in [2.45, 2.75) is 19.5 Å². The molecule has 10 heteroatoms. The summed E-state index contributed by atoms with van der Waals surface area (Å²) in [5.41, 5.74) is 6.72. The van der Waals surface area contributed by atoms with Crippen molar-refractivity contribution >= 4 is 34.8 Å². The monoisotopic (exact) mass is 454 g/mol. The molecule has 0 radical (unpaired) electrons. The number of carbonyl (C=O) groups is 1. The van der Waals surface area contributed by atoms with E-state index < -0.39 is 23.4 Å². The number of amides is 1. The third kappa shape index (κ3) is 3.45. The van der Waals surface area contributed by atoms with Gasteiger partial charge in [-0.2, -0.15) is 5.10 Å². The molecule has 2 N–H and O–H groups in total. The number of fused-ring (bicyclic) bond motifs is 1. The Morgan fingerprint density at radius 1 is 1.13 bits per heavy atom. The highest BCUT2D eigenvalue weighted by atomic mass is 35.5. The van der Waals surface area contributed by atoms with E-state index in [4.69, 9.17) is 28.9 Å². The summed E-state index contributed by atoms with van der Waals surface area (Å²) in [5.74, 6) is -3.31. The molecule has 3 aromatic rings. The zero-order chi connectivity index (χ0) is 21.6. The topological polar surface area (TPSA) is 64.2 Å². The minimum atomic E-state index is -1.01. The van der Waals surface area contributed by atoms with Crippen LogP contribution in [-0.4, -0.2) is 22.2 Å². The minimum absolute atomic E-state index is 0.000414. The van der Waals surface area contributed by atoms with Gasteiger partial charge in [-0.15, -0.1) is 0 Å². The highest BCUT2D eigenvalue weighted by Crippen LogP contribution is 2.33. The lowest BCUT2D eigenvalue weighted by atomic mass is 10.1. The number of halogens is 5. The van der Waals surface area contributed by atoms with Gasteiger partial charge >= 0.3 is 0 Å². The summed E-state index contributed by atoms with van der Waals surface area (Å²) >= 11 is 12.3. The number of carbonyl (C=O) groups excluding carboxylic acids is 1. The third-order valence-electron chi connectivity index (χ3n) is 4.96. The molecule has 2 heterocycles. The second-order valence-corrected chi connectivity index (χ2v) is 7.58. The van der Waals surface area contributed by atoms with Crippen LogP contribution in [0.15, 0.2) is 30.3 Å². The van der Waals surface area contributed by atoms with Gasteiger partial charge in [0.25, 0.3) is 5.91 Å². The SMILES string of the molecule is NCc1cc(Cl)c(F)c(N2CCc3c(nn(Cc4cccc(F)c4F)c3Cl)C2=O)c1. The Morgan fingerprint density at radius 3 is 2.63 bits per heavy atom. The maximum atomic E-state index is 14.6. The number of anilines is 1. The average molecular weight is 455 g/mol. The van der Waals surface area contributed by atoms with Gasteiger partial charge < -0.3 is 10.6 Å². The summed E-state index contributed by atoms with van der Waals surface area (Å²) in [7, 11) is 0. The molecule has 5 nitrogen and oxygen atoms in total. The first-order valence-corrected chi connectivity index (χ1v) is 9.75. The Kier molecular flexibility index (Phi) is 5.48. The van der Waals surface area contributed by atoms with E-state index in [0.717, 1.165) is 6.07 Å². The maximum Gasteiger partial charge on any atom is 0.279 e. The Bertz CT molecular complexity index is 1170. The van der Waals surface area contributed by atoms with E-state index in [0.29, 0.717) is 17.5 Å². The first-order chi connectivity index (χ1) is 14.3. The van der Waals surface area contributed by atoms with Crippen LogP contribution in [0.5, 0.6) is 0 Å². The summed E-state index contributed by atoms with van der Waals surface area (Å²) in [6, 6.07) is 6.64. The van der Waals surface area contributed by atoms with Gasteiger partial charge in [0.15, 0.2) is 23.1 Å². The van der Waals surface area contributed by atoms with E-state index in [2.05, 4.69) is 5.10 Å². The average Bonchev–Trinajstić information content (AvgIpc) is 3.04. The van der Waals surface area contributed by atoms with Crippen molar-refractivity contribution < 1.29 is 18.0 Å². The van der Waals surface area contributed by atoms with Crippen LogP contribution in [0.25, 0.3) is 0 Å². The molecule has 1 aromatic heterocycles. The standard InChI is InChI=1S/C20H15Cl2F3N4O/c21-13-6-10(8-26)7-15(17(13)25)28-5-4-12-18(20(28)30)27-29(19(12)22)9-11-2-1-3-14(23)16(11)24/h1-3,6-7H,4-5,8-9,26H2. The Labute approximate surface area is 179 Å². The van der Waals surface area contributed by atoms with Gasteiger partial charge in [-0.05, 0) is 30.2 Å². The van der Waals surface area contributed by atoms with Crippen LogP contribution in [0, 0.1) is 17.5 Å². The van der Waals surface area contributed by atoms with Crippen molar-refractivity contribution in [1.29, 1.82) is 0 Å². The summed E-state index contributed by atoms with van der Waals surface area (Å²) in [4.78, 5) is 14.3. The molecular formula is C20H15Cl2F3N4O. The number of benzene rings is 2. The van der Waals surface area contributed by atoms with Gasteiger partial charge in [0.2, 0.25) is 0 Å². The predicted molar refractivity (Wildman–Crippen MR) is 107 cm³/mol. The fraction of sp³-hybridized carbons (Fsp3) is 0.200. The number of hydrogen-bond donors (Lipinski definition) is 1. The summed E-state index contributed by atoms with van der Waals surface area (Å²) < 4.78 is 43.3. The van der Waals surface area contributed by atoms with Crippen molar-refractivity contribution in [3.63, 3.8) is 0 Å². The van der Waals surface area contributed by atoms with E-state index in [1.165, 1.54) is 33.8 Å². The molecule has 1 amide bonds. The Hall–Kier alpha value is -2.55. The summed E-state index contributed by atoms with van der Waals surface area (Å²) in [5, 5.41) is 4.20. The number of rotatable bonds is 4. The molecule has 0 saturated heterocycles. The summed E-state index contributed by atoms with van der Waals surface area (Å²) in [6.07, 6.45) is 0.301. The highest BCUT2D eigenvalue weighted by molar-refractivity contribution is 6.32. The quantitative estimate of drug-likeness (QED) is 0.638. The lowest BCUT2D eigenvalue weighted by molar-refractivity contribution is 0.0974. The zero-order valence-electron chi connectivity index (χ0n) is 15.4. The number of nitrogens with zero attached hydrogens (tertiary/aromatic N) is 3. The minimum Gasteiger partial charge on any atom is -0.326 e. The lowest BCUT2D eigenvalue weighted by Gasteiger charge is -2.27. The van der Waals surface area contributed by atoms with Crippen LogP contribution in [0.1, 0.15) is 27.2 Å². The molecule has 2 aromatic carbocycles. The van der Waals surface area contributed by atoms with Crippen molar-refractivity contribution in [3.05, 3.63) is 80.3 Å². The van der Waals surface area contributed by atoms with Gasteiger partial charge in [-0.25, -0.2) is 17.9 Å². The second-order valence-electron chi connectivity index (χ2n) is 6.81. The fourth-order valence-electron chi connectivity index (χ4n) is 3.43. The smallest absolute Gasteiger partial charge is 0.279 e. The molecule has 0 unspecified atom stereocenters. The van der Waals surface area contributed by atoms with Crippen LogP contribution < -0.4 is 10.6 Å². The number of nitrogens with two attached hydrogens (primary N) is 1. The number of aromatic nitrogens is 2. The van der Waals surface area contributed by atoms with Crippen LogP contribution in [0.2, 0.25) is 10.2 Å². The van der Waals surface area contributed by atoms with Gasteiger partial charge in [-0.3, -0.25) is 4.79 Å². The van der Waals surface area contributed by atoms with E-state index in [1.807, 2.05) is 0 Å². The van der Waals surface area contributed by atoms with Gasteiger partial charge in [0, 0.05) is 24.2 Å². The Morgan fingerprint density at radius 2 is 1.90 bits per heavy atom. The lowest BCUT2D eigenvalue weighted by Crippen LogP contribution is -2.38. The largest absolute Gasteiger partial charge is 0.326 e. The van der Waals surface area contributed by atoms with Crippen LogP contribution in [0.4, 0.5) is 18.9 Å². The molecule has 1 aliphatic heterocycles. The second kappa shape index (κ2) is 7.94. The van der Waals surface area contributed by atoms with E-state index in [-0.39, 0.29) is 46.8 Å². The molecule has 0 spiro atoms. The molecule has 4 rings (SSSR count). The zero-order valence-corrected chi connectivity index (χ0v) is 16.9. The maximum absolute atomic E-state index is 14.6. The van der Waals surface area contributed by atoms with Gasteiger partial charge in [0.05, 0.1) is 17.3 Å². The predicted octanol–water partition coefficient (Wildman–Crippen LogP) is 4.32. The Balaban J connectivity index is 1.70. The van der Waals surface area contributed by atoms with E-state index in [1.54, 1.807) is 0 Å². The molecule has 0 fully saturated rings. The number of hydrogen-bond acceptors (Lipinski definition) is 3. The van der Waals surface area contributed by atoms with Crippen molar-refractivity contribution in [2.24, 2.45) is 5.73 Å². The van der Waals surface area contributed by atoms with Crippen LogP contribution in [0.3, 0.4) is 0 Å². The molecule has 0 bridgehead atoms. The van der Waals surface area contributed by atoms with Crippen molar-refractivity contribution in [3.8, 4) is 0 Å². The van der Waals surface area contributed by atoms with E-state index >= 15 is 0 Å². The molecule has 0 saturated carbocycles. The highest BCUT2D eigenvalue weighted by Gasteiger charge is 2.33. The normalized spacial score (nSPS) is 13.7. The van der Waals surface area contributed by atoms with Crippen LogP contribution >= 0.6 is 23.2 Å². The third-order valence-corrected chi connectivity index (χ3v) is 5.66. The molecule has 0 atom stereocenters. The van der Waals surface area contributed by atoms with Crippen molar-refractivity contribution in [2.75, 3.05) is 11.4 Å².